The largest absolute Gasteiger partial charge is 0.420 e. The van der Waals surface area contributed by atoms with Gasteiger partial charge in [-0.15, -0.1) is 10.2 Å². The van der Waals surface area contributed by atoms with Crippen LogP contribution in [0.2, 0.25) is 0 Å². The minimum absolute atomic E-state index is 0.0251. The molecule has 3 aromatic heterocycles. The first-order valence-electron chi connectivity index (χ1n) is 8.77. The minimum atomic E-state index is -0.0251. The molecule has 1 atom stereocenters. The van der Waals surface area contributed by atoms with Crippen LogP contribution in [0.5, 0.6) is 0 Å². The van der Waals surface area contributed by atoms with Gasteiger partial charge in [-0.25, -0.2) is 0 Å². The van der Waals surface area contributed by atoms with Crippen molar-refractivity contribution in [3.63, 3.8) is 0 Å². The molecule has 0 aromatic carbocycles. The molecule has 0 N–H and O–H groups in total. The number of thiophene rings is 1. The van der Waals surface area contributed by atoms with Crippen LogP contribution in [0, 0.1) is 6.92 Å². The van der Waals surface area contributed by atoms with Gasteiger partial charge in [-0.3, -0.25) is 4.79 Å². The third-order valence-electron chi connectivity index (χ3n) is 4.75. The lowest BCUT2D eigenvalue weighted by atomic mass is 9.97. The fraction of sp³-hybridized carbons (Fsp3) is 0.444. The summed E-state index contributed by atoms with van der Waals surface area (Å²) in [4.78, 5) is 14.8. The Morgan fingerprint density at radius 3 is 3.08 bits per heavy atom. The summed E-state index contributed by atoms with van der Waals surface area (Å²) in [6.45, 7) is 5.04. The van der Waals surface area contributed by atoms with Crippen molar-refractivity contribution in [1.29, 1.82) is 0 Å². The predicted molar refractivity (Wildman–Crippen MR) is 96.1 cm³/mol. The Morgan fingerprint density at radius 2 is 2.31 bits per heavy atom. The van der Waals surface area contributed by atoms with Crippen molar-refractivity contribution in [3.8, 4) is 11.5 Å². The molecular formula is C18H20N4O3S. The Labute approximate surface area is 155 Å². The van der Waals surface area contributed by atoms with E-state index in [4.69, 9.17) is 8.94 Å². The highest BCUT2D eigenvalue weighted by atomic mass is 32.1. The maximum atomic E-state index is 13.0. The molecule has 0 bridgehead atoms. The predicted octanol–water partition coefficient (Wildman–Crippen LogP) is 3.68. The maximum absolute atomic E-state index is 13.0. The molecule has 3 aromatic rings. The summed E-state index contributed by atoms with van der Waals surface area (Å²) in [7, 11) is 0. The minimum Gasteiger partial charge on any atom is -0.420 e. The van der Waals surface area contributed by atoms with Crippen LogP contribution in [0.15, 0.2) is 25.8 Å². The van der Waals surface area contributed by atoms with Crippen LogP contribution in [-0.4, -0.2) is 39.3 Å². The molecular weight excluding hydrogens is 352 g/mol. The number of hydrogen-bond acceptors (Lipinski definition) is 7. The quantitative estimate of drug-likeness (QED) is 0.694. The number of rotatable bonds is 4. The van der Waals surface area contributed by atoms with Gasteiger partial charge in [0.05, 0.1) is 11.6 Å². The van der Waals surface area contributed by atoms with Crippen molar-refractivity contribution in [2.75, 3.05) is 13.1 Å². The maximum Gasteiger partial charge on any atom is 0.259 e. The lowest BCUT2D eigenvalue weighted by Crippen LogP contribution is -2.39. The normalized spacial score (nSPS) is 17.6. The number of hydrogen-bond donors (Lipinski definition) is 0. The van der Waals surface area contributed by atoms with E-state index in [-0.39, 0.29) is 11.8 Å². The highest BCUT2D eigenvalue weighted by Gasteiger charge is 2.31. The van der Waals surface area contributed by atoms with Crippen LogP contribution in [-0.2, 0) is 6.42 Å². The third-order valence-corrected chi connectivity index (χ3v) is 5.43. The summed E-state index contributed by atoms with van der Waals surface area (Å²) in [5.41, 5.74) is 2.25. The van der Waals surface area contributed by atoms with E-state index in [1.165, 1.54) is 0 Å². The molecule has 1 unspecified atom stereocenters. The number of carbonyl (C=O) groups is 1. The van der Waals surface area contributed by atoms with Crippen molar-refractivity contribution in [1.82, 2.24) is 20.3 Å². The summed E-state index contributed by atoms with van der Waals surface area (Å²) in [5.74, 6) is 1.74. The SMILES string of the molecule is CCc1noc(C)c1C(=O)N1CCCC(c2nnc(-c3ccsc3)o2)C1. The van der Waals surface area contributed by atoms with Crippen LogP contribution in [0.3, 0.4) is 0 Å². The van der Waals surface area contributed by atoms with Gasteiger partial charge in [-0.05, 0) is 37.6 Å². The van der Waals surface area contributed by atoms with Crippen LogP contribution < -0.4 is 0 Å². The zero-order valence-corrected chi connectivity index (χ0v) is 15.6. The van der Waals surface area contributed by atoms with Crippen LogP contribution >= 0.6 is 11.3 Å². The smallest absolute Gasteiger partial charge is 0.259 e. The van der Waals surface area contributed by atoms with Gasteiger partial charge in [0.2, 0.25) is 11.8 Å². The Balaban J connectivity index is 1.53. The number of carbonyl (C=O) groups excluding carboxylic acids is 1. The second-order valence-corrected chi connectivity index (χ2v) is 7.24. The molecule has 4 heterocycles. The number of piperidine rings is 1. The molecule has 7 nitrogen and oxygen atoms in total. The van der Waals surface area contributed by atoms with Crippen molar-refractivity contribution < 1.29 is 13.7 Å². The first-order chi connectivity index (χ1) is 12.7. The standard InChI is InChI=1S/C18H20N4O3S/c1-3-14-15(11(2)25-21-14)18(23)22-7-4-5-12(9-22)16-19-20-17(24-16)13-6-8-26-10-13/h6,8,10,12H,3-5,7,9H2,1-2H3. The van der Waals surface area contributed by atoms with Gasteiger partial charge >= 0.3 is 0 Å². The number of aromatic nitrogens is 3. The van der Waals surface area contributed by atoms with Crippen molar-refractivity contribution in [3.05, 3.63) is 39.7 Å². The molecule has 1 aliphatic rings. The van der Waals surface area contributed by atoms with Crippen LogP contribution in [0.1, 0.15) is 53.4 Å². The molecule has 8 heteroatoms. The van der Waals surface area contributed by atoms with E-state index in [2.05, 4.69) is 15.4 Å². The van der Waals surface area contributed by atoms with Crippen molar-refractivity contribution in [2.24, 2.45) is 0 Å². The van der Waals surface area contributed by atoms with Crippen molar-refractivity contribution >= 4 is 17.2 Å². The Bertz CT molecular complexity index is 900. The van der Waals surface area contributed by atoms with E-state index in [1.807, 2.05) is 28.7 Å². The average Bonchev–Trinajstić information content (AvgIpc) is 3.41. The Morgan fingerprint density at radius 1 is 1.42 bits per heavy atom. The molecule has 0 spiro atoms. The van der Waals surface area contributed by atoms with E-state index in [9.17, 15) is 4.79 Å². The van der Waals surface area contributed by atoms with Gasteiger partial charge in [-0.2, -0.15) is 11.3 Å². The monoisotopic (exact) mass is 372 g/mol. The van der Waals surface area contributed by atoms with Gasteiger partial charge in [0, 0.05) is 24.0 Å². The molecule has 26 heavy (non-hydrogen) atoms. The molecule has 0 aliphatic carbocycles. The molecule has 1 aliphatic heterocycles. The Kier molecular flexibility index (Phi) is 4.58. The van der Waals surface area contributed by atoms with Gasteiger partial charge in [0.15, 0.2) is 0 Å². The zero-order valence-electron chi connectivity index (χ0n) is 14.8. The highest BCUT2D eigenvalue weighted by molar-refractivity contribution is 7.08. The molecule has 0 saturated carbocycles. The van der Waals surface area contributed by atoms with Crippen LogP contribution in [0.4, 0.5) is 0 Å². The molecule has 136 valence electrons. The van der Waals surface area contributed by atoms with Gasteiger partial charge in [-0.1, -0.05) is 12.1 Å². The number of amides is 1. The second-order valence-electron chi connectivity index (χ2n) is 6.46. The lowest BCUT2D eigenvalue weighted by molar-refractivity contribution is 0.0695. The summed E-state index contributed by atoms with van der Waals surface area (Å²) < 4.78 is 11.1. The molecule has 1 amide bonds. The van der Waals surface area contributed by atoms with Gasteiger partial charge in [0.1, 0.15) is 11.3 Å². The summed E-state index contributed by atoms with van der Waals surface area (Å²) in [6.07, 6.45) is 2.50. The zero-order chi connectivity index (χ0) is 18.1. The van der Waals surface area contributed by atoms with Crippen molar-refractivity contribution in [2.45, 2.75) is 39.0 Å². The fourth-order valence-electron chi connectivity index (χ4n) is 3.36. The summed E-state index contributed by atoms with van der Waals surface area (Å²) >= 11 is 1.59. The highest BCUT2D eigenvalue weighted by Crippen LogP contribution is 2.30. The number of aryl methyl sites for hydroxylation is 2. The van der Waals surface area contributed by atoms with E-state index < -0.39 is 0 Å². The number of likely N-dealkylation sites (tertiary alicyclic amines) is 1. The average molecular weight is 372 g/mol. The first kappa shape index (κ1) is 17.0. The topological polar surface area (TPSA) is 85.3 Å². The van der Waals surface area contributed by atoms with E-state index >= 15 is 0 Å². The molecule has 1 saturated heterocycles. The van der Waals surface area contributed by atoms with Crippen LogP contribution in [0.25, 0.3) is 11.5 Å². The lowest BCUT2D eigenvalue weighted by Gasteiger charge is -2.31. The fourth-order valence-corrected chi connectivity index (χ4v) is 3.99. The third kappa shape index (κ3) is 3.05. The first-order valence-corrected chi connectivity index (χ1v) is 9.72. The van der Waals surface area contributed by atoms with E-state index in [1.54, 1.807) is 18.3 Å². The number of nitrogens with zero attached hydrogens (tertiary/aromatic N) is 4. The van der Waals surface area contributed by atoms with E-state index in [0.717, 1.165) is 18.4 Å². The second kappa shape index (κ2) is 7.03. The molecule has 1 fully saturated rings. The van der Waals surface area contributed by atoms with Gasteiger partial charge < -0.3 is 13.8 Å². The molecule has 0 radical (unpaired) electrons. The summed E-state index contributed by atoms with van der Waals surface area (Å²) in [5, 5.41) is 16.3. The summed E-state index contributed by atoms with van der Waals surface area (Å²) in [6, 6.07) is 1.96. The molecule has 4 rings (SSSR count). The van der Waals surface area contributed by atoms with Gasteiger partial charge in [0.25, 0.3) is 5.91 Å². The van der Waals surface area contributed by atoms with E-state index in [0.29, 0.717) is 48.3 Å². The Hall–Kier alpha value is -2.48.